The highest BCUT2D eigenvalue weighted by Crippen LogP contribution is 2.41. The lowest BCUT2D eigenvalue weighted by molar-refractivity contribution is 0.976. The van der Waals surface area contributed by atoms with Crippen molar-refractivity contribution < 1.29 is 0 Å². The van der Waals surface area contributed by atoms with E-state index in [1.807, 2.05) is 18.2 Å². The van der Waals surface area contributed by atoms with Gasteiger partial charge in [0.15, 0.2) is 0 Å². The van der Waals surface area contributed by atoms with Gasteiger partial charge in [-0.2, -0.15) is 0 Å². The molecule has 24 heavy (non-hydrogen) atoms. The van der Waals surface area contributed by atoms with E-state index in [1.54, 1.807) is 0 Å². The van der Waals surface area contributed by atoms with Crippen LogP contribution in [-0.2, 0) is 6.54 Å². The summed E-state index contributed by atoms with van der Waals surface area (Å²) < 4.78 is 0. The summed E-state index contributed by atoms with van der Waals surface area (Å²) in [5.41, 5.74) is 6.57. The minimum Gasteiger partial charge on any atom is -0.335 e. The third-order valence-electron chi connectivity index (χ3n) is 4.28. The van der Waals surface area contributed by atoms with Crippen LogP contribution >= 0.6 is 11.6 Å². The van der Waals surface area contributed by atoms with E-state index in [-0.39, 0.29) is 0 Å². The Balaban J connectivity index is 1.91. The number of rotatable bonds is 2. The van der Waals surface area contributed by atoms with Crippen LogP contribution in [0.2, 0.25) is 5.02 Å². The molecule has 1 aliphatic heterocycles. The van der Waals surface area contributed by atoms with Crippen LogP contribution in [0.4, 0.5) is 17.1 Å². The summed E-state index contributed by atoms with van der Waals surface area (Å²) in [7, 11) is 0. The smallest absolute Gasteiger partial charge is 0.0884 e. The summed E-state index contributed by atoms with van der Waals surface area (Å²) in [6.07, 6.45) is 0. The predicted molar refractivity (Wildman–Crippen MR) is 102 cm³/mol. The lowest BCUT2D eigenvalue weighted by Crippen LogP contribution is -2.17. The van der Waals surface area contributed by atoms with Crippen molar-refractivity contribution >= 4 is 34.4 Å². The summed E-state index contributed by atoms with van der Waals surface area (Å²) in [6, 6.07) is 24.8. The molecule has 4 rings (SSSR count). The molecule has 0 amide bonds. The second kappa shape index (κ2) is 6.14. The first-order valence-corrected chi connectivity index (χ1v) is 8.36. The van der Waals surface area contributed by atoms with E-state index in [2.05, 4.69) is 66.4 Å². The topological polar surface area (TPSA) is 15.6 Å². The maximum Gasteiger partial charge on any atom is 0.0884 e. The van der Waals surface area contributed by atoms with Crippen LogP contribution in [0.3, 0.4) is 0 Å². The second-order valence-electron chi connectivity index (χ2n) is 5.92. The SMILES string of the molecule is CC1=Nc2cc(Cl)ccc2N(Cc2ccccc2)c2ccccc21. The van der Waals surface area contributed by atoms with Gasteiger partial charge in [-0.05, 0) is 36.8 Å². The minimum atomic E-state index is 0.705. The molecule has 0 N–H and O–H groups in total. The monoisotopic (exact) mass is 332 g/mol. The average Bonchev–Trinajstić information content (AvgIpc) is 2.71. The molecular weight excluding hydrogens is 316 g/mol. The molecule has 0 atom stereocenters. The van der Waals surface area contributed by atoms with Crippen LogP contribution < -0.4 is 4.90 Å². The summed E-state index contributed by atoms with van der Waals surface area (Å²) in [4.78, 5) is 7.14. The van der Waals surface area contributed by atoms with Gasteiger partial charge in [0.05, 0.1) is 17.1 Å². The lowest BCUT2D eigenvalue weighted by Gasteiger charge is -2.26. The molecule has 3 aromatic rings. The Labute approximate surface area is 147 Å². The highest BCUT2D eigenvalue weighted by Gasteiger charge is 2.21. The number of fused-ring (bicyclic) bond motifs is 2. The standard InChI is InChI=1S/C21H17ClN2/c1-15-18-9-5-6-10-20(18)24(14-16-7-3-2-4-8-16)21-12-11-17(22)13-19(21)23-15/h2-13H,14H2,1H3. The molecule has 0 fully saturated rings. The Bertz CT molecular complexity index is 916. The molecule has 1 heterocycles. The van der Waals surface area contributed by atoms with Gasteiger partial charge >= 0.3 is 0 Å². The minimum absolute atomic E-state index is 0.705. The van der Waals surface area contributed by atoms with E-state index in [0.717, 1.165) is 29.2 Å². The van der Waals surface area contributed by atoms with Gasteiger partial charge in [0.1, 0.15) is 0 Å². The molecule has 0 saturated heterocycles. The van der Waals surface area contributed by atoms with Crippen molar-refractivity contribution in [2.45, 2.75) is 13.5 Å². The van der Waals surface area contributed by atoms with Crippen LogP contribution in [0, 0.1) is 0 Å². The summed E-state index contributed by atoms with van der Waals surface area (Å²) in [5, 5.41) is 0.705. The number of nitrogens with zero attached hydrogens (tertiary/aromatic N) is 2. The van der Waals surface area contributed by atoms with Crippen molar-refractivity contribution in [1.29, 1.82) is 0 Å². The van der Waals surface area contributed by atoms with Crippen LogP contribution in [0.15, 0.2) is 77.8 Å². The molecule has 2 nitrogen and oxygen atoms in total. The highest BCUT2D eigenvalue weighted by molar-refractivity contribution is 6.31. The van der Waals surface area contributed by atoms with Crippen molar-refractivity contribution in [2.75, 3.05) is 4.90 Å². The van der Waals surface area contributed by atoms with Gasteiger partial charge in [0.25, 0.3) is 0 Å². The molecule has 0 radical (unpaired) electrons. The van der Waals surface area contributed by atoms with E-state index < -0.39 is 0 Å². The molecule has 1 aliphatic rings. The van der Waals surface area contributed by atoms with Crippen LogP contribution in [-0.4, -0.2) is 5.71 Å². The summed E-state index contributed by atoms with van der Waals surface area (Å²) in [6.45, 7) is 2.84. The van der Waals surface area contributed by atoms with Crippen molar-refractivity contribution in [2.24, 2.45) is 4.99 Å². The number of anilines is 2. The Morgan fingerprint density at radius 3 is 2.46 bits per heavy atom. The van der Waals surface area contributed by atoms with Crippen molar-refractivity contribution in [3.05, 3.63) is 88.9 Å². The zero-order valence-electron chi connectivity index (χ0n) is 13.4. The molecule has 0 bridgehead atoms. The van der Waals surface area contributed by atoms with Gasteiger partial charge in [-0.15, -0.1) is 0 Å². The van der Waals surface area contributed by atoms with Gasteiger partial charge in [-0.3, -0.25) is 4.99 Å². The Morgan fingerprint density at radius 2 is 1.62 bits per heavy atom. The van der Waals surface area contributed by atoms with E-state index in [0.29, 0.717) is 5.02 Å². The van der Waals surface area contributed by atoms with Gasteiger partial charge in [-0.25, -0.2) is 0 Å². The first kappa shape index (κ1) is 15.0. The Hall–Kier alpha value is -2.58. The fourth-order valence-corrected chi connectivity index (χ4v) is 3.30. The number of hydrogen-bond donors (Lipinski definition) is 0. The zero-order valence-corrected chi connectivity index (χ0v) is 14.2. The number of hydrogen-bond acceptors (Lipinski definition) is 2. The van der Waals surface area contributed by atoms with Crippen molar-refractivity contribution in [3.8, 4) is 0 Å². The molecule has 118 valence electrons. The molecule has 0 aromatic heterocycles. The molecule has 0 aliphatic carbocycles. The normalized spacial score (nSPS) is 12.9. The van der Waals surface area contributed by atoms with Crippen LogP contribution in [0.1, 0.15) is 18.1 Å². The quantitative estimate of drug-likeness (QED) is 0.551. The molecule has 0 saturated carbocycles. The highest BCUT2D eigenvalue weighted by atomic mass is 35.5. The molecule has 3 heteroatoms. The average molecular weight is 333 g/mol. The number of para-hydroxylation sites is 1. The second-order valence-corrected chi connectivity index (χ2v) is 6.36. The predicted octanol–water partition coefficient (Wildman–Crippen LogP) is 6.13. The number of aliphatic imine (C=N–C) groups is 1. The Kier molecular flexibility index (Phi) is 3.83. The van der Waals surface area contributed by atoms with E-state index in [1.165, 1.54) is 11.3 Å². The Morgan fingerprint density at radius 1 is 0.875 bits per heavy atom. The number of benzene rings is 3. The molecule has 3 aromatic carbocycles. The van der Waals surface area contributed by atoms with Gasteiger partial charge < -0.3 is 4.90 Å². The first-order chi connectivity index (χ1) is 11.7. The van der Waals surface area contributed by atoms with Crippen LogP contribution in [0.5, 0.6) is 0 Å². The fraction of sp³-hybridized carbons (Fsp3) is 0.0952. The van der Waals surface area contributed by atoms with Gasteiger partial charge in [0.2, 0.25) is 0 Å². The fourth-order valence-electron chi connectivity index (χ4n) is 3.14. The van der Waals surface area contributed by atoms with E-state index in [4.69, 9.17) is 16.6 Å². The largest absolute Gasteiger partial charge is 0.335 e. The van der Waals surface area contributed by atoms with Crippen LogP contribution in [0.25, 0.3) is 0 Å². The van der Waals surface area contributed by atoms with Crippen molar-refractivity contribution in [3.63, 3.8) is 0 Å². The summed E-state index contributed by atoms with van der Waals surface area (Å²) in [5.74, 6) is 0. The van der Waals surface area contributed by atoms with Crippen molar-refractivity contribution in [1.82, 2.24) is 0 Å². The lowest BCUT2D eigenvalue weighted by atomic mass is 10.1. The maximum absolute atomic E-state index is 6.21. The zero-order chi connectivity index (χ0) is 16.5. The third-order valence-corrected chi connectivity index (χ3v) is 4.52. The first-order valence-electron chi connectivity index (χ1n) is 7.98. The van der Waals surface area contributed by atoms with E-state index in [9.17, 15) is 0 Å². The van der Waals surface area contributed by atoms with E-state index >= 15 is 0 Å². The third kappa shape index (κ3) is 2.70. The summed E-state index contributed by atoms with van der Waals surface area (Å²) >= 11 is 6.21. The molecule has 0 unspecified atom stereocenters. The maximum atomic E-state index is 6.21. The number of halogens is 1. The molecule has 0 spiro atoms. The molecular formula is C21H17ClN2. The van der Waals surface area contributed by atoms with Gasteiger partial charge in [-0.1, -0.05) is 60.1 Å². The van der Waals surface area contributed by atoms with Gasteiger partial charge in [0, 0.05) is 22.8 Å².